The number of hydrogen-bond acceptors (Lipinski definition) is 15. The maximum atomic E-state index is 13.2. The molecule has 0 saturated carbocycles. The number of nitrogen functional groups attached to an aromatic ring is 1. The van der Waals surface area contributed by atoms with E-state index in [0.717, 1.165) is 31.0 Å². The third-order valence-electron chi connectivity index (χ3n) is 7.06. The van der Waals surface area contributed by atoms with Crippen molar-refractivity contribution in [1.29, 1.82) is 0 Å². The Morgan fingerprint density at radius 3 is 2.70 bits per heavy atom. The topological polar surface area (TPSA) is 257 Å². The van der Waals surface area contributed by atoms with Gasteiger partial charge in [0.25, 0.3) is 17.9 Å². The van der Waals surface area contributed by atoms with E-state index in [1.807, 2.05) is 23.3 Å². The number of thiazole rings is 1. The van der Waals surface area contributed by atoms with Gasteiger partial charge in [-0.3, -0.25) is 9.59 Å². The second-order valence-corrected chi connectivity index (χ2v) is 12.7. The van der Waals surface area contributed by atoms with E-state index >= 15 is 0 Å². The predicted octanol–water partition coefficient (Wildman–Crippen LogP) is -1.83. The molecule has 2 saturated heterocycles. The van der Waals surface area contributed by atoms with Crippen molar-refractivity contribution in [3.05, 3.63) is 48.1 Å². The van der Waals surface area contributed by atoms with Crippen LogP contribution in [0.2, 0.25) is 0 Å². The van der Waals surface area contributed by atoms with Crippen molar-refractivity contribution < 1.29 is 50.9 Å². The molecular weight excluding hydrogens is 650 g/mol. The summed E-state index contributed by atoms with van der Waals surface area (Å²) in [6.45, 7) is 4.99. The van der Waals surface area contributed by atoms with Crippen molar-refractivity contribution in [2.45, 2.75) is 38.1 Å². The van der Waals surface area contributed by atoms with E-state index in [2.05, 4.69) is 34.6 Å². The molecule has 2 aliphatic rings. The lowest BCUT2D eigenvalue weighted by Gasteiger charge is -2.51. The Balaban J connectivity index is 1.23. The summed E-state index contributed by atoms with van der Waals surface area (Å²) in [4.78, 5) is 51.1. The number of nitrogens with zero attached hydrogens (tertiary/aromatic N) is 6. The number of aliphatic carboxylic acids is 1. The fourth-order valence-electron chi connectivity index (χ4n) is 4.48. The van der Waals surface area contributed by atoms with Crippen LogP contribution in [0.3, 0.4) is 0 Å². The van der Waals surface area contributed by atoms with E-state index in [-0.39, 0.29) is 16.6 Å². The van der Waals surface area contributed by atoms with Crippen molar-refractivity contribution in [1.82, 2.24) is 30.2 Å². The summed E-state index contributed by atoms with van der Waals surface area (Å²) in [5.41, 5.74) is 3.58. The summed E-state index contributed by atoms with van der Waals surface area (Å²) in [7, 11) is -5.26. The quantitative estimate of drug-likeness (QED) is 0.0365. The number of imidazole rings is 1. The summed E-state index contributed by atoms with van der Waals surface area (Å²) >= 11 is 0.951. The third-order valence-corrected chi connectivity index (χ3v) is 8.06. The first kappa shape index (κ1) is 32.7. The molecule has 0 aliphatic carbocycles. The Kier molecular flexibility index (Phi) is 9.21. The number of aromatic nitrogens is 4. The standard InChI is InChI=1S/C25H29N9O10S2/c1-25(2)20(22(36)34(25)44-46(39,40)41)30-21(35)19(16-12-45-24(26)29-16)31-43-17(23(37)38)11-42-15-3-4-18(28-9-15)33-6-5-32(13-33)10-14-7-27-8-14/h3-6,9,12-14,17,20,27H,7-8,10-11H2,1-2H3,(H4-,26,29,30,35,37,38,39,40,41)/b31-19-/t17-,20+/m0/s1. The van der Waals surface area contributed by atoms with Crippen molar-refractivity contribution in [3.8, 4) is 11.6 Å². The van der Waals surface area contributed by atoms with Gasteiger partial charge in [-0.05, 0) is 19.9 Å². The van der Waals surface area contributed by atoms with Crippen LogP contribution < -0.4 is 25.7 Å². The molecule has 2 aliphatic heterocycles. The van der Waals surface area contributed by atoms with Gasteiger partial charge in [-0.25, -0.2) is 27.7 Å². The summed E-state index contributed by atoms with van der Waals surface area (Å²) in [5.74, 6) is -2.10. The van der Waals surface area contributed by atoms with E-state index in [1.54, 1.807) is 12.1 Å². The number of carboxylic acid groups (broad SMARTS) is 1. The number of ether oxygens (including phenoxy) is 1. The van der Waals surface area contributed by atoms with Gasteiger partial charge in [0, 0.05) is 30.5 Å². The number of hydroxylamine groups is 2. The Hall–Kier alpha value is -4.70. The number of hydrogen-bond donors (Lipinski definition) is 4. The summed E-state index contributed by atoms with van der Waals surface area (Å²) in [5, 5.41) is 20.7. The molecule has 5 heterocycles. The van der Waals surface area contributed by atoms with E-state index in [0.29, 0.717) is 16.8 Å². The van der Waals surface area contributed by atoms with E-state index in [1.165, 1.54) is 25.4 Å². The minimum absolute atomic E-state index is 0.0511. The number of carbonyl (C=O) groups excluding carboxylic acids is 2. The molecule has 5 N–H and O–H groups in total. The van der Waals surface area contributed by atoms with Gasteiger partial charge in [0.15, 0.2) is 10.8 Å². The molecule has 21 heteroatoms. The van der Waals surface area contributed by atoms with Gasteiger partial charge in [0.05, 0.1) is 18.3 Å². The first-order chi connectivity index (χ1) is 21.7. The van der Waals surface area contributed by atoms with Crippen LogP contribution in [0.5, 0.6) is 5.75 Å². The van der Waals surface area contributed by atoms with Crippen LogP contribution >= 0.6 is 11.3 Å². The van der Waals surface area contributed by atoms with Crippen LogP contribution in [0.4, 0.5) is 5.13 Å². The molecule has 19 nitrogen and oxygen atoms in total. The predicted molar refractivity (Wildman–Crippen MR) is 155 cm³/mol. The molecule has 0 spiro atoms. The van der Waals surface area contributed by atoms with Crippen LogP contribution in [0.1, 0.15) is 19.5 Å². The van der Waals surface area contributed by atoms with Crippen LogP contribution in [0.25, 0.3) is 5.82 Å². The molecule has 3 aromatic rings. The highest BCUT2D eigenvalue weighted by Crippen LogP contribution is 2.33. The Bertz CT molecular complexity index is 1750. The van der Waals surface area contributed by atoms with E-state index < -0.39 is 58.2 Å². The molecule has 3 aromatic heterocycles. The van der Waals surface area contributed by atoms with E-state index in [9.17, 15) is 32.5 Å². The van der Waals surface area contributed by atoms with Gasteiger partial charge in [-0.2, -0.15) is 13.9 Å². The average Bonchev–Trinajstić information content (AvgIpc) is 3.62. The Labute approximate surface area is 265 Å². The zero-order chi connectivity index (χ0) is 33.2. The zero-order valence-corrected chi connectivity index (χ0v) is 25.9. The van der Waals surface area contributed by atoms with Crippen LogP contribution in [0, 0.1) is 5.92 Å². The number of β-lactam (4-membered cyclic amide) rings is 1. The Morgan fingerprint density at radius 1 is 1.37 bits per heavy atom. The smallest absolute Gasteiger partial charge is 0.351 e. The molecule has 0 bridgehead atoms. The highest BCUT2D eigenvalue weighted by Gasteiger charge is 2.57. The van der Waals surface area contributed by atoms with Gasteiger partial charge in [0.1, 0.15) is 36.5 Å². The second kappa shape index (κ2) is 13.0. The average molecular weight is 680 g/mol. The lowest BCUT2D eigenvalue weighted by atomic mass is 9.84. The highest BCUT2D eigenvalue weighted by molar-refractivity contribution is 7.80. The van der Waals surface area contributed by atoms with Crippen molar-refractivity contribution in [2.75, 3.05) is 25.4 Å². The van der Waals surface area contributed by atoms with Crippen LogP contribution in [0.15, 0.2) is 47.6 Å². The summed E-state index contributed by atoms with van der Waals surface area (Å²) in [6, 6.07) is 1.94. The number of nitrogens with one attached hydrogen (secondary N) is 2. The number of amides is 2. The molecule has 46 heavy (non-hydrogen) atoms. The largest absolute Gasteiger partial charge is 0.724 e. The summed E-state index contributed by atoms with van der Waals surface area (Å²) < 4.78 is 46.5. The number of pyridine rings is 1. The molecule has 0 unspecified atom stereocenters. The maximum Gasteiger partial charge on any atom is 0.351 e. The van der Waals surface area contributed by atoms with Gasteiger partial charge in [-0.15, -0.1) is 11.3 Å². The summed E-state index contributed by atoms with van der Waals surface area (Å²) in [6.07, 6.45) is 5.45. The Morgan fingerprint density at radius 2 is 2.13 bits per heavy atom. The number of anilines is 1. The van der Waals surface area contributed by atoms with Crippen molar-refractivity contribution in [2.24, 2.45) is 11.1 Å². The molecule has 2 fully saturated rings. The molecule has 246 valence electrons. The normalized spacial score (nSPS) is 18.8. The van der Waals surface area contributed by atoms with Crippen LogP contribution in [-0.4, -0.2) is 98.6 Å². The maximum absolute atomic E-state index is 13.2. The molecule has 0 aromatic carbocycles. The number of rotatable bonds is 14. The highest BCUT2D eigenvalue weighted by atomic mass is 32.3. The monoisotopic (exact) mass is 679 g/mol. The lowest BCUT2D eigenvalue weighted by Crippen LogP contribution is -2.76. The minimum atomic E-state index is -5.26. The number of oxime groups is 1. The minimum Gasteiger partial charge on any atom is -0.724 e. The fourth-order valence-corrected chi connectivity index (χ4v) is 5.47. The first-order valence-corrected chi connectivity index (χ1v) is 15.8. The fraction of sp³-hybridized carbons (Fsp3) is 0.400. The van der Waals surface area contributed by atoms with Gasteiger partial charge in [-0.1, -0.05) is 5.16 Å². The van der Waals surface area contributed by atoms with Gasteiger partial charge < -0.3 is 35.6 Å². The SMILES string of the molecule is CC1(C)[C@H](NC(=O)/C(=N\O[C@@H](COc2ccc(-n3cc[n+](CC4CNC4)c3)nc2)C(=O)O)c2csc(N)n2)C(=O)N1OS(=O)(=O)[O-]. The van der Waals surface area contributed by atoms with Crippen LogP contribution in [-0.2, 0) is 40.4 Å². The molecule has 5 rings (SSSR count). The lowest BCUT2D eigenvalue weighted by molar-refractivity contribution is -0.703. The van der Waals surface area contributed by atoms with Gasteiger partial charge in [0.2, 0.25) is 22.5 Å². The number of nitrogens with two attached hydrogens (primary N) is 1. The zero-order valence-electron chi connectivity index (χ0n) is 24.3. The molecule has 2 amide bonds. The number of carbonyl (C=O) groups is 3. The molecule has 0 radical (unpaired) electrons. The van der Waals surface area contributed by atoms with E-state index in [4.69, 9.17) is 15.3 Å². The molecular formula is C25H29N9O10S2. The van der Waals surface area contributed by atoms with Gasteiger partial charge >= 0.3 is 5.97 Å². The second-order valence-electron chi connectivity index (χ2n) is 10.8. The van der Waals surface area contributed by atoms with Crippen molar-refractivity contribution in [3.63, 3.8) is 0 Å². The third kappa shape index (κ3) is 7.39. The van der Waals surface area contributed by atoms with Crippen molar-refractivity contribution >= 4 is 50.4 Å². The first-order valence-electron chi connectivity index (χ1n) is 13.6. The number of carboxylic acids is 1. The molecule has 2 atom stereocenters.